The first-order valence-corrected chi connectivity index (χ1v) is 11.4. The number of unbranched alkanes of at least 4 members (excludes halogenated alkanes) is 1. The molecule has 0 radical (unpaired) electrons. The third-order valence-electron chi connectivity index (χ3n) is 5.52. The van der Waals surface area contributed by atoms with Crippen LogP contribution in [-0.2, 0) is 17.5 Å². The number of benzene rings is 2. The number of halogens is 4. The van der Waals surface area contributed by atoms with Gasteiger partial charge in [0.15, 0.2) is 11.6 Å². The Morgan fingerprint density at radius 2 is 1.69 bits per heavy atom. The molecule has 0 aliphatic rings. The summed E-state index contributed by atoms with van der Waals surface area (Å²) < 4.78 is 46.2. The molecule has 0 unspecified atom stereocenters. The van der Waals surface area contributed by atoms with E-state index in [-0.39, 0.29) is 22.1 Å². The lowest BCUT2D eigenvalue weighted by Crippen LogP contribution is -2.08. The number of aromatic nitrogens is 1. The summed E-state index contributed by atoms with van der Waals surface area (Å²) in [6, 6.07) is 11.1. The quantitative estimate of drug-likeness (QED) is 0.225. The van der Waals surface area contributed by atoms with Gasteiger partial charge in [0.05, 0.1) is 23.9 Å². The van der Waals surface area contributed by atoms with Gasteiger partial charge in [-0.15, -0.1) is 0 Å². The van der Waals surface area contributed by atoms with Gasteiger partial charge in [-0.2, -0.15) is 13.2 Å². The fourth-order valence-corrected chi connectivity index (χ4v) is 4.05. The lowest BCUT2D eigenvalue weighted by atomic mass is 9.95. The molecule has 3 aromatic rings. The maximum atomic E-state index is 13.7. The highest BCUT2D eigenvalue weighted by atomic mass is 35.5. The van der Waals surface area contributed by atoms with Crippen LogP contribution in [-0.4, -0.2) is 23.2 Å². The molecule has 3 rings (SSSR count). The van der Waals surface area contributed by atoms with Crippen LogP contribution in [0.2, 0.25) is 5.15 Å². The summed E-state index contributed by atoms with van der Waals surface area (Å²) in [6.07, 6.45) is -0.0686. The molecule has 2 aromatic carbocycles. The van der Waals surface area contributed by atoms with Crippen LogP contribution in [0, 0.1) is 0 Å². The molecule has 0 aliphatic carbocycles. The summed E-state index contributed by atoms with van der Waals surface area (Å²) >= 11 is 6.75. The van der Waals surface area contributed by atoms with Crippen molar-refractivity contribution in [2.45, 2.75) is 39.4 Å². The molecule has 0 saturated carbocycles. The van der Waals surface area contributed by atoms with Gasteiger partial charge in [-0.1, -0.05) is 37.1 Å². The van der Waals surface area contributed by atoms with Gasteiger partial charge in [0, 0.05) is 17.7 Å². The molecule has 0 saturated heterocycles. The number of alkyl halides is 3. The highest BCUT2D eigenvalue weighted by Crippen LogP contribution is 2.38. The normalized spacial score (nSPS) is 11.7. The van der Waals surface area contributed by atoms with Gasteiger partial charge in [-0.05, 0) is 67.5 Å². The van der Waals surface area contributed by atoms with Gasteiger partial charge in [-0.25, -0.2) is 0 Å². The Kier molecular flexibility index (Phi) is 8.22. The van der Waals surface area contributed by atoms with Crippen LogP contribution in [0.1, 0.15) is 53.7 Å². The Balaban J connectivity index is 2.28. The minimum atomic E-state index is -4.52. The largest absolute Gasteiger partial charge is 0.497 e. The second-order valence-electron chi connectivity index (χ2n) is 8.01. The Labute approximate surface area is 207 Å². The molecule has 0 bridgehead atoms. The lowest BCUT2D eigenvalue weighted by molar-refractivity contribution is -0.137. The standard InChI is InChI=1S/C27H25ClF3NO3/c1-4-5-16-32-24(18-9-13-21(35-3)14-10-18)23(22(26(32)28)15-6-17(2)33)25(34)19-7-11-20(12-8-19)27(29,30)31/h6-15H,4-5,16H2,1-3H3/b15-6+. The van der Waals surface area contributed by atoms with Gasteiger partial charge in [-0.3, -0.25) is 9.59 Å². The van der Waals surface area contributed by atoms with Crippen LogP contribution < -0.4 is 4.74 Å². The van der Waals surface area contributed by atoms with E-state index < -0.39 is 17.5 Å². The Morgan fingerprint density at radius 1 is 1.06 bits per heavy atom. The van der Waals surface area contributed by atoms with E-state index in [1.54, 1.807) is 31.4 Å². The third-order valence-corrected chi connectivity index (χ3v) is 5.93. The molecule has 4 nitrogen and oxygen atoms in total. The summed E-state index contributed by atoms with van der Waals surface area (Å²) in [5.41, 5.74) is 0.997. The van der Waals surface area contributed by atoms with Crippen LogP contribution in [0.25, 0.3) is 17.3 Å². The molecule has 184 valence electrons. The van der Waals surface area contributed by atoms with Crippen molar-refractivity contribution in [3.63, 3.8) is 0 Å². The predicted molar refractivity (Wildman–Crippen MR) is 131 cm³/mol. The number of allylic oxidation sites excluding steroid dienone is 1. The van der Waals surface area contributed by atoms with E-state index in [9.17, 15) is 22.8 Å². The molecule has 1 heterocycles. The number of hydrogen-bond donors (Lipinski definition) is 0. The highest BCUT2D eigenvalue weighted by molar-refractivity contribution is 6.33. The van der Waals surface area contributed by atoms with Gasteiger partial charge >= 0.3 is 6.18 Å². The van der Waals surface area contributed by atoms with Crippen LogP contribution in [0.15, 0.2) is 54.6 Å². The average Bonchev–Trinajstić information content (AvgIpc) is 3.11. The van der Waals surface area contributed by atoms with Gasteiger partial charge in [0.2, 0.25) is 0 Å². The number of carbonyl (C=O) groups is 2. The fraction of sp³-hybridized carbons (Fsp3) is 0.259. The van der Waals surface area contributed by atoms with Crippen molar-refractivity contribution in [1.82, 2.24) is 4.57 Å². The predicted octanol–water partition coefficient (Wildman–Crippen LogP) is 7.47. The second-order valence-corrected chi connectivity index (χ2v) is 8.37. The van der Waals surface area contributed by atoms with E-state index in [1.807, 2.05) is 11.5 Å². The highest BCUT2D eigenvalue weighted by Gasteiger charge is 2.31. The Morgan fingerprint density at radius 3 is 2.20 bits per heavy atom. The number of nitrogens with zero attached hydrogens (tertiary/aromatic N) is 1. The van der Waals surface area contributed by atoms with E-state index in [0.29, 0.717) is 29.1 Å². The van der Waals surface area contributed by atoms with Crippen LogP contribution in [0.5, 0.6) is 5.75 Å². The zero-order chi connectivity index (χ0) is 25.8. The molecule has 35 heavy (non-hydrogen) atoms. The average molecular weight is 504 g/mol. The maximum Gasteiger partial charge on any atom is 0.416 e. The molecule has 1 aromatic heterocycles. The number of ketones is 2. The molecular weight excluding hydrogens is 479 g/mol. The zero-order valence-corrected chi connectivity index (χ0v) is 20.3. The van der Waals surface area contributed by atoms with E-state index in [2.05, 4.69) is 0 Å². The first-order valence-electron chi connectivity index (χ1n) is 11.1. The molecule has 8 heteroatoms. The van der Waals surface area contributed by atoms with Crippen molar-refractivity contribution in [1.29, 1.82) is 0 Å². The van der Waals surface area contributed by atoms with Crippen molar-refractivity contribution in [3.8, 4) is 17.0 Å². The Hall–Kier alpha value is -3.32. The molecule has 0 fully saturated rings. The summed E-state index contributed by atoms with van der Waals surface area (Å²) in [6.45, 7) is 3.91. The minimum Gasteiger partial charge on any atom is -0.497 e. The maximum absolute atomic E-state index is 13.7. The third kappa shape index (κ3) is 5.85. The number of hydrogen-bond acceptors (Lipinski definition) is 3. The van der Waals surface area contributed by atoms with Crippen LogP contribution in [0.4, 0.5) is 13.2 Å². The summed E-state index contributed by atoms with van der Waals surface area (Å²) in [5, 5.41) is 0.275. The molecule has 0 spiro atoms. The van der Waals surface area contributed by atoms with Crippen molar-refractivity contribution in [2.75, 3.05) is 7.11 Å². The smallest absolute Gasteiger partial charge is 0.416 e. The lowest BCUT2D eigenvalue weighted by Gasteiger charge is -2.13. The Bertz CT molecular complexity index is 1240. The number of carbonyl (C=O) groups excluding carboxylic acids is 2. The van der Waals surface area contributed by atoms with Gasteiger partial charge in [0.1, 0.15) is 10.9 Å². The van der Waals surface area contributed by atoms with Crippen molar-refractivity contribution < 1.29 is 27.5 Å². The number of methoxy groups -OCH3 is 1. The van der Waals surface area contributed by atoms with E-state index in [4.69, 9.17) is 16.3 Å². The topological polar surface area (TPSA) is 48.3 Å². The molecule has 0 aliphatic heterocycles. The van der Waals surface area contributed by atoms with Crippen molar-refractivity contribution in [3.05, 3.63) is 82.0 Å². The summed E-state index contributed by atoms with van der Waals surface area (Å²) in [5.74, 6) is -0.106. The van der Waals surface area contributed by atoms with Crippen molar-refractivity contribution in [2.24, 2.45) is 0 Å². The number of rotatable bonds is 9. The summed E-state index contributed by atoms with van der Waals surface area (Å²) in [7, 11) is 1.54. The van der Waals surface area contributed by atoms with E-state index >= 15 is 0 Å². The monoisotopic (exact) mass is 503 g/mol. The van der Waals surface area contributed by atoms with Gasteiger partial charge in [0.25, 0.3) is 0 Å². The molecular formula is C27H25ClF3NO3. The van der Waals surface area contributed by atoms with E-state index in [0.717, 1.165) is 37.1 Å². The fourth-order valence-electron chi connectivity index (χ4n) is 3.72. The minimum absolute atomic E-state index is 0.0783. The van der Waals surface area contributed by atoms with Crippen molar-refractivity contribution >= 4 is 29.2 Å². The van der Waals surface area contributed by atoms with E-state index in [1.165, 1.54) is 19.1 Å². The summed E-state index contributed by atoms with van der Waals surface area (Å²) in [4.78, 5) is 25.4. The zero-order valence-electron chi connectivity index (χ0n) is 19.6. The number of ether oxygens (including phenoxy) is 1. The molecule has 0 amide bonds. The SMILES string of the molecule is CCCCn1c(Cl)c(/C=C/C(C)=O)c(C(=O)c2ccc(C(F)(F)F)cc2)c1-c1ccc(OC)cc1. The second kappa shape index (κ2) is 11.0. The van der Waals surface area contributed by atoms with Gasteiger partial charge < -0.3 is 9.30 Å². The first-order chi connectivity index (χ1) is 16.6. The first kappa shape index (κ1) is 26.3. The molecule has 0 atom stereocenters. The molecule has 0 N–H and O–H groups in total. The van der Waals surface area contributed by atoms with Crippen LogP contribution in [0.3, 0.4) is 0 Å². The van der Waals surface area contributed by atoms with Crippen LogP contribution >= 0.6 is 11.6 Å².